The van der Waals surface area contributed by atoms with Gasteiger partial charge in [0.2, 0.25) is 0 Å². The number of aromatic nitrogens is 4. The van der Waals surface area contributed by atoms with Gasteiger partial charge in [0.05, 0.1) is 17.3 Å². The molecule has 7 nitrogen and oxygen atoms in total. The number of likely N-dealkylation sites (tertiary alicyclic amines) is 1. The van der Waals surface area contributed by atoms with Crippen molar-refractivity contribution in [1.82, 2.24) is 24.8 Å². The van der Waals surface area contributed by atoms with E-state index in [-0.39, 0.29) is 6.04 Å². The predicted molar refractivity (Wildman–Crippen MR) is 92.9 cm³/mol. The minimum atomic E-state index is -0.646. The van der Waals surface area contributed by atoms with Crippen LogP contribution in [0.1, 0.15) is 43.2 Å². The lowest BCUT2D eigenvalue weighted by Crippen LogP contribution is -2.46. The molecule has 0 unspecified atom stereocenters. The fourth-order valence-electron chi connectivity index (χ4n) is 3.93. The van der Waals surface area contributed by atoms with Crippen LogP contribution in [0.3, 0.4) is 0 Å². The molecule has 2 aromatic rings. The van der Waals surface area contributed by atoms with Crippen LogP contribution in [0, 0.1) is 6.92 Å². The SMILES string of the molecule is Cc1nc(-c2ncc[nH]2)cc([C@H]2CCCN2CC2(O)CCOCC2)n1. The van der Waals surface area contributed by atoms with Crippen molar-refractivity contribution in [1.29, 1.82) is 0 Å². The molecule has 0 aromatic carbocycles. The van der Waals surface area contributed by atoms with Crippen LogP contribution in [0.25, 0.3) is 11.5 Å². The quantitative estimate of drug-likeness (QED) is 0.881. The number of nitrogens with zero attached hydrogens (tertiary/aromatic N) is 4. The summed E-state index contributed by atoms with van der Waals surface area (Å²) >= 11 is 0. The first-order chi connectivity index (χ1) is 12.1. The summed E-state index contributed by atoms with van der Waals surface area (Å²) < 4.78 is 5.40. The number of β-amino-alcohol motifs (C(OH)–C–C–N with tert-alkyl or cyclic N) is 1. The van der Waals surface area contributed by atoms with E-state index < -0.39 is 5.60 Å². The summed E-state index contributed by atoms with van der Waals surface area (Å²) in [5.41, 5.74) is 1.20. The van der Waals surface area contributed by atoms with Gasteiger partial charge in [-0.25, -0.2) is 15.0 Å². The Kier molecular flexibility index (Phi) is 4.54. The second-order valence-electron chi connectivity index (χ2n) is 7.13. The van der Waals surface area contributed by atoms with Gasteiger partial charge in [-0.05, 0) is 32.4 Å². The van der Waals surface area contributed by atoms with E-state index in [0.717, 1.165) is 42.4 Å². The van der Waals surface area contributed by atoms with Crippen LogP contribution in [0.2, 0.25) is 0 Å². The summed E-state index contributed by atoms with van der Waals surface area (Å²) in [6, 6.07) is 2.25. The molecule has 0 spiro atoms. The Morgan fingerprint density at radius 3 is 2.96 bits per heavy atom. The van der Waals surface area contributed by atoms with Crippen LogP contribution in [0.5, 0.6) is 0 Å². The van der Waals surface area contributed by atoms with Gasteiger partial charge in [0, 0.05) is 45.0 Å². The van der Waals surface area contributed by atoms with E-state index in [4.69, 9.17) is 9.72 Å². The van der Waals surface area contributed by atoms with Crippen molar-refractivity contribution in [3.05, 3.63) is 30.0 Å². The van der Waals surface area contributed by atoms with Gasteiger partial charge >= 0.3 is 0 Å². The van der Waals surface area contributed by atoms with Crippen molar-refractivity contribution in [3.8, 4) is 11.5 Å². The molecular weight excluding hydrogens is 318 g/mol. The highest BCUT2D eigenvalue weighted by atomic mass is 16.5. The molecule has 1 atom stereocenters. The Bertz CT molecular complexity index is 712. The minimum Gasteiger partial charge on any atom is -0.388 e. The first-order valence-corrected chi connectivity index (χ1v) is 9.02. The molecule has 4 rings (SSSR count). The van der Waals surface area contributed by atoms with E-state index in [9.17, 15) is 5.11 Å². The monoisotopic (exact) mass is 343 g/mol. The molecule has 2 fully saturated rings. The van der Waals surface area contributed by atoms with Crippen molar-refractivity contribution >= 4 is 0 Å². The summed E-state index contributed by atoms with van der Waals surface area (Å²) in [6.45, 7) is 4.88. The molecule has 0 radical (unpaired) electrons. The van der Waals surface area contributed by atoms with Gasteiger partial charge in [0.25, 0.3) is 0 Å². The Morgan fingerprint density at radius 1 is 1.36 bits per heavy atom. The van der Waals surface area contributed by atoms with Gasteiger partial charge in [-0.2, -0.15) is 0 Å². The molecule has 0 bridgehead atoms. The molecule has 2 N–H and O–H groups in total. The Labute approximate surface area is 147 Å². The van der Waals surface area contributed by atoms with E-state index in [1.165, 1.54) is 0 Å². The minimum absolute atomic E-state index is 0.224. The topological polar surface area (TPSA) is 87.2 Å². The Hall–Kier alpha value is -1.83. The van der Waals surface area contributed by atoms with Crippen LogP contribution in [0.4, 0.5) is 0 Å². The first kappa shape index (κ1) is 16.6. The van der Waals surface area contributed by atoms with E-state index in [0.29, 0.717) is 32.6 Å². The molecule has 2 saturated heterocycles. The second kappa shape index (κ2) is 6.82. The first-order valence-electron chi connectivity index (χ1n) is 9.02. The zero-order chi connectivity index (χ0) is 17.3. The highest BCUT2D eigenvalue weighted by Crippen LogP contribution is 2.35. The normalized spacial score (nSPS) is 23.8. The number of hydrogen-bond donors (Lipinski definition) is 2. The molecular formula is C18H25N5O2. The number of nitrogens with one attached hydrogen (secondary N) is 1. The lowest BCUT2D eigenvalue weighted by atomic mass is 9.93. The number of rotatable bonds is 4. The maximum atomic E-state index is 10.9. The van der Waals surface area contributed by atoms with Gasteiger partial charge in [-0.3, -0.25) is 4.90 Å². The average Bonchev–Trinajstić information content (AvgIpc) is 3.26. The number of aromatic amines is 1. The highest BCUT2D eigenvalue weighted by Gasteiger charge is 2.37. The third-order valence-electron chi connectivity index (χ3n) is 5.22. The van der Waals surface area contributed by atoms with Gasteiger partial charge < -0.3 is 14.8 Å². The summed E-state index contributed by atoms with van der Waals surface area (Å²) in [6.07, 6.45) is 7.12. The van der Waals surface area contributed by atoms with Crippen molar-refractivity contribution in [2.45, 2.75) is 44.2 Å². The molecule has 7 heteroatoms. The molecule has 2 aromatic heterocycles. The third kappa shape index (κ3) is 3.58. The molecule has 25 heavy (non-hydrogen) atoms. The zero-order valence-electron chi connectivity index (χ0n) is 14.6. The maximum Gasteiger partial charge on any atom is 0.156 e. The van der Waals surface area contributed by atoms with Crippen molar-refractivity contribution in [2.75, 3.05) is 26.3 Å². The predicted octanol–water partition coefficient (Wildman–Crippen LogP) is 1.85. The molecule has 2 aliphatic heterocycles. The average molecular weight is 343 g/mol. The summed E-state index contributed by atoms with van der Waals surface area (Å²) in [5.74, 6) is 1.51. The number of imidazole rings is 1. The number of aryl methyl sites for hydroxylation is 1. The molecule has 134 valence electrons. The number of hydrogen-bond acceptors (Lipinski definition) is 6. The van der Waals surface area contributed by atoms with E-state index in [1.54, 1.807) is 12.4 Å². The molecule has 0 saturated carbocycles. The number of aliphatic hydroxyl groups is 1. The number of ether oxygens (including phenoxy) is 1. The van der Waals surface area contributed by atoms with Crippen LogP contribution < -0.4 is 0 Å². The fourth-order valence-corrected chi connectivity index (χ4v) is 3.93. The van der Waals surface area contributed by atoms with Gasteiger partial charge in [-0.1, -0.05) is 0 Å². The molecule has 4 heterocycles. The standard InChI is InChI=1S/C18H25N5O2/c1-13-21-14(11-15(22-13)17-19-6-7-20-17)16-3-2-8-23(16)12-18(24)4-9-25-10-5-18/h6-7,11,16,24H,2-5,8-10,12H2,1H3,(H,19,20)/t16-/m1/s1. The van der Waals surface area contributed by atoms with E-state index >= 15 is 0 Å². The molecule has 0 amide bonds. The Morgan fingerprint density at radius 2 is 2.20 bits per heavy atom. The lowest BCUT2D eigenvalue weighted by Gasteiger charge is -2.37. The van der Waals surface area contributed by atoms with Crippen molar-refractivity contribution in [2.24, 2.45) is 0 Å². The second-order valence-corrected chi connectivity index (χ2v) is 7.13. The number of H-pyrrole nitrogens is 1. The van der Waals surface area contributed by atoms with Crippen LogP contribution >= 0.6 is 0 Å². The van der Waals surface area contributed by atoms with E-state index in [1.807, 2.05) is 13.0 Å². The van der Waals surface area contributed by atoms with Crippen molar-refractivity contribution < 1.29 is 9.84 Å². The van der Waals surface area contributed by atoms with Gasteiger partial charge in [-0.15, -0.1) is 0 Å². The van der Waals surface area contributed by atoms with Crippen molar-refractivity contribution in [3.63, 3.8) is 0 Å². The van der Waals surface area contributed by atoms with Gasteiger partial charge in [0.1, 0.15) is 11.5 Å². The summed E-state index contributed by atoms with van der Waals surface area (Å²) in [7, 11) is 0. The third-order valence-corrected chi connectivity index (χ3v) is 5.22. The lowest BCUT2D eigenvalue weighted by molar-refractivity contribution is -0.0817. The highest BCUT2D eigenvalue weighted by molar-refractivity contribution is 5.49. The van der Waals surface area contributed by atoms with Crippen LogP contribution in [0.15, 0.2) is 18.5 Å². The Balaban J connectivity index is 1.57. The van der Waals surface area contributed by atoms with E-state index in [2.05, 4.69) is 19.9 Å². The van der Waals surface area contributed by atoms with Gasteiger partial charge in [0.15, 0.2) is 5.82 Å². The molecule has 0 aliphatic carbocycles. The fraction of sp³-hybridized carbons (Fsp3) is 0.611. The zero-order valence-corrected chi connectivity index (χ0v) is 14.6. The maximum absolute atomic E-state index is 10.9. The van der Waals surface area contributed by atoms with Crippen LogP contribution in [-0.4, -0.2) is 61.8 Å². The molecule has 2 aliphatic rings. The smallest absolute Gasteiger partial charge is 0.156 e. The van der Waals surface area contributed by atoms with Crippen LogP contribution in [-0.2, 0) is 4.74 Å². The summed E-state index contributed by atoms with van der Waals surface area (Å²) in [4.78, 5) is 19.0. The summed E-state index contributed by atoms with van der Waals surface area (Å²) in [5, 5.41) is 10.9. The largest absolute Gasteiger partial charge is 0.388 e.